The molecular weight excluding hydrogens is 230 g/mol. The van der Waals surface area contributed by atoms with Crippen molar-refractivity contribution in [2.24, 2.45) is 0 Å². The molecule has 0 saturated carbocycles. The van der Waals surface area contributed by atoms with Gasteiger partial charge in [-0.05, 0) is 32.4 Å². The lowest BCUT2D eigenvalue weighted by molar-refractivity contribution is 0.486. The Balaban J connectivity index is 2.02. The van der Waals surface area contributed by atoms with Crippen LogP contribution in [0.2, 0.25) is 0 Å². The largest absolute Gasteiger partial charge is 0.302 e. The highest BCUT2D eigenvalue weighted by Crippen LogP contribution is 2.20. The minimum absolute atomic E-state index is 0.259. The predicted molar refractivity (Wildman–Crippen MR) is 71.1 cm³/mol. The normalized spacial score (nSPS) is 14.5. The molecular formula is C13H17N3S. The quantitative estimate of drug-likeness (QED) is 0.901. The molecule has 17 heavy (non-hydrogen) atoms. The van der Waals surface area contributed by atoms with Crippen molar-refractivity contribution >= 4 is 11.3 Å². The van der Waals surface area contributed by atoms with Crippen LogP contribution in [0.3, 0.4) is 0 Å². The maximum atomic E-state index is 4.50. The summed E-state index contributed by atoms with van der Waals surface area (Å²) >= 11 is 1.69. The maximum absolute atomic E-state index is 4.50. The number of pyridine rings is 1. The number of rotatable bonds is 4. The van der Waals surface area contributed by atoms with Gasteiger partial charge in [0.2, 0.25) is 0 Å². The zero-order valence-electron chi connectivity index (χ0n) is 10.3. The monoisotopic (exact) mass is 247 g/mol. The van der Waals surface area contributed by atoms with E-state index in [4.69, 9.17) is 0 Å². The Morgan fingerprint density at radius 1 is 1.29 bits per heavy atom. The molecule has 2 atom stereocenters. The Labute approximate surface area is 106 Å². The lowest BCUT2D eigenvalue weighted by Gasteiger charge is -2.18. The molecule has 1 N–H and O–H groups in total. The van der Waals surface area contributed by atoms with E-state index in [1.165, 1.54) is 5.56 Å². The van der Waals surface area contributed by atoms with E-state index in [1.807, 2.05) is 19.2 Å². The molecule has 0 fully saturated rings. The first-order valence-corrected chi connectivity index (χ1v) is 6.63. The summed E-state index contributed by atoms with van der Waals surface area (Å²) in [5.74, 6) is 0. The van der Waals surface area contributed by atoms with Crippen molar-refractivity contribution in [2.75, 3.05) is 0 Å². The van der Waals surface area contributed by atoms with Gasteiger partial charge in [-0.2, -0.15) is 0 Å². The molecule has 0 radical (unpaired) electrons. The van der Waals surface area contributed by atoms with Crippen molar-refractivity contribution < 1.29 is 0 Å². The van der Waals surface area contributed by atoms with E-state index in [9.17, 15) is 0 Å². The number of aromatic nitrogens is 2. The van der Waals surface area contributed by atoms with Crippen LogP contribution in [-0.4, -0.2) is 9.97 Å². The van der Waals surface area contributed by atoms with Crippen molar-refractivity contribution in [2.45, 2.75) is 32.9 Å². The van der Waals surface area contributed by atoms with Gasteiger partial charge in [0.15, 0.2) is 0 Å². The molecule has 4 heteroatoms. The van der Waals surface area contributed by atoms with Gasteiger partial charge in [0.1, 0.15) is 0 Å². The zero-order chi connectivity index (χ0) is 12.3. The fraction of sp³-hybridized carbons (Fsp3) is 0.385. The highest BCUT2D eigenvalue weighted by atomic mass is 32.1. The third-order valence-corrected chi connectivity index (χ3v) is 3.56. The van der Waals surface area contributed by atoms with Gasteiger partial charge in [-0.1, -0.05) is 6.07 Å². The third kappa shape index (κ3) is 3.11. The average molecular weight is 247 g/mol. The van der Waals surface area contributed by atoms with Gasteiger partial charge < -0.3 is 5.32 Å². The van der Waals surface area contributed by atoms with Crippen LogP contribution in [0.5, 0.6) is 0 Å². The molecule has 1 unspecified atom stereocenters. The van der Waals surface area contributed by atoms with E-state index in [-0.39, 0.29) is 12.1 Å². The first-order valence-electron chi connectivity index (χ1n) is 5.75. The first kappa shape index (κ1) is 12.2. The van der Waals surface area contributed by atoms with Crippen LogP contribution in [0.4, 0.5) is 0 Å². The number of thiazole rings is 1. The molecule has 0 aromatic carbocycles. The molecule has 0 aliphatic heterocycles. The molecule has 0 spiro atoms. The van der Waals surface area contributed by atoms with Crippen molar-refractivity contribution in [1.82, 2.24) is 15.3 Å². The molecule has 2 aromatic rings. The van der Waals surface area contributed by atoms with E-state index in [0.29, 0.717) is 0 Å². The van der Waals surface area contributed by atoms with Gasteiger partial charge in [-0.3, -0.25) is 4.98 Å². The second kappa shape index (κ2) is 5.38. The summed E-state index contributed by atoms with van der Waals surface area (Å²) in [5.41, 5.74) is 2.31. The van der Waals surface area contributed by atoms with Crippen LogP contribution in [0.1, 0.15) is 42.2 Å². The van der Waals surface area contributed by atoms with Crippen LogP contribution in [0, 0.1) is 6.92 Å². The highest BCUT2D eigenvalue weighted by molar-refractivity contribution is 7.09. The van der Waals surface area contributed by atoms with E-state index in [2.05, 4.69) is 40.6 Å². The smallest absolute Gasteiger partial charge is 0.0898 e. The van der Waals surface area contributed by atoms with E-state index in [0.717, 1.165) is 10.7 Å². The van der Waals surface area contributed by atoms with E-state index < -0.39 is 0 Å². The SMILES string of the molecule is Cc1nc(C(C)N[C@H](C)c2cccnc2)cs1. The Hall–Kier alpha value is -1.26. The molecule has 3 nitrogen and oxygen atoms in total. The number of hydrogen-bond acceptors (Lipinski definition) is 4. The maximum Gasteiger partial charge on any atom is 0.0898 e. The standard InChI is InChI=1S/C13H17N3S/c1-9(12-5-4-6-14-7-12)15-10(2)13-8-17-11(3)16-13/h4-10,15H,1-3H3/t9-,10?/m1/s1. The molecule has 90 valence electrons. The van der Waals surface area contributed by atoms with E-state index in [1.54, 1.807) is 17.5 Å². The summed E-state index contributed by atoms with van der Waals surface area (Å²) in [6.07, 6.45) is 3.69. The average Bonchev–Trinajstić information content (AvgIpc) is 2.77. The molecule has 0 aliphatic carbocycles. The molecule has 2 heterocycles. The van der Waals surface area contributed by atoms with Gasteiger partial charge in [-0.15, -0.1) is 11.3 Å². The Kier molecular flexibility index (Phi) is 3.86. The summed E-state index contributed by atoms with van der Waals surface area (Å²) in [6, 6.07) is 4.59. The van der Waals surface area contributed by atoms with Crippen molar-refractivity contribution in [3.63, 3.8) is 0 Å². The summed E-state index contributed by atoms with van der Waals surface area (Å²) < 4.78 is 0. The number of aryl methyl sites for hydroxylation is 1. The van der Waals surface area contributed by atoms with Crippen molar-refractivity contribution in [1.29, 1.82) is 0 Å². The lowest BCUT2D eigenvalue weighted by atomic mass is 10.1. The third-order valence-electron chi connectivity index (χ3n) is 2.76. The van der Waals surface area contributed by atoms with Gasteiger partial charge in [0, 0.05) is 29.9 Å². The summed E-state index contributed by atoms with van der Waals surface area (Å²) in [4.78, 5) is 8.63. The number of nitrogens with one attached hydrogen (secondary N) is 1. The Morgan fingerprint density at radius 2 is 2.12 bits per heavy atom. The molecule has 2 aromatic heterocycles. The van der Waals surface area contributed by atoms with Crippen LogP contribution < -0.4 is 5.32 Å². The molecule has 0 amide bonds. The van der Waals surface area contributed by atoms with Gasteiger partial charge in [0.05, 0.1) is 10.7 Å². The first-order chi connectivity index (χ1) is 8.16. The minimum atomic E-state index is 0.259. The molecule has 2 rings (SSSR count). The van der Waals surface area contributed by atoms with Crippen LogP contribution in [-0.2, 0) is 0 Å². The topological polar surface area (TPSA) is 37.8 Å². The van der Waals surface area contributed by atoms with E-state index >= 15 is 0 Å². The summed E-state index contributed by atoms with van der Waals surface area (Å²) in [6.45, 7) is 6.32. The van der Waals surface area contributed by atoms with Crippen LogP contribution in [0.25, 0.3) is 0 Å². The highest BCUT2D eigenvalue weighted by Gasteiger charge is 2.13. The fourth-order valence-electron chi connectivity index (χ4n) is 1.77. The fourth-order valence-corrected chi connectivity index (χ4v) is 2.47. The van der Waals surface area contributed by atoms with Gasteiger partial charge in [0.25, 0.3) is 0 Å². The molecule has 0 aliphatic rings. The number of nitrogens with zero attached hydrogens (tertiary/aromatic N) is 2. The molecule has 0 bridgehead atoms. The van der Waals surface area contributed by atoms with Gasteiger partial charge in [-0.25, -0.2) is 4.98 Å². The van der Waals surface area contributed by atoms with Crippen LogP contribution in [0.15, 0.2) is 29.9 Å². The Morgan fingerprint density at radius 3 is 2.71 bits per heavy atom. The summed E-state index contributed by atoms with van der Waals surface area (Å²) in [5, 5.41) is 6.76. The summed E-state index contributed by atoms with van der Waals surface area (Å²) in [7, 11) is 0. The molecule has 0 saturated heterocycles. The second-order valence-corrected chi connectivity index (χ2v) is 5.25. The zero-order valence-corrected chi connectivity index (χ0v) is 11.2. The lowest BCUT2D eigenvalue weighted by Crippen LogP contribution is -2.22. The second-order valence-electron chi connectivity index (χ2n) is 4.19. The number of hydrogen-bond donors (Lipinski definition) is 1. The predicted octanol–water partition coefficient (Wildman–Crippen LogP) is 3.26. The van der Waals surface area contributed by atoms with Crippen molar-refractivity contribution in [3.05, 3.63) is 46.2 Å². The van der Waals surface area contributed by atoms with Gasteiger partial charge >= 0.3 is 0 Å². The van der Waals surface area contributed by atoms with Crippen LogP contribution >= 0.6 is 11.3 Å². The Bertz CT molecular complexity index is 467. The minimum Gasteiger partial charge on any atom is -0.302 e. The van der Waals surface area contributed by atoms with Crippen molar-refractivity contribution in [3.8, 4) is 0 Å².